The lowest BCUT2D eigenvalue weighted by Gasteiger charge is -2.39. The molecule has 0 spiro atoms. The van der Waals surface area contributed by atoms with E-state index in [0.29, 0.717) is 22.5 Å². The van der Waals surface area contributed by atoms with Gasteiger partial charge in [0, 0.05) is 12.8 Å². The number of hydroxylamine groups is 3. The molecule has 0 aromatic heterocycles. The van der Waals surface area contributed by atoms with Crippen molar-refractivity contribution in [3.8, 4) is 5.75 Å². The number of hydrogen-bond donors (Lipinski definition) is 0. The molecule has 0 bridgehead atoms. The Morgan fingerprint density at radius 2 is 1.45 bits per heavy atom. The number of quaternary nitrogens is 1. The van der Waals surface area contributed by atoms with Gasteiger partial charge >= 0.3 is 0 Å². The smallest absolute Gasteiger partial charge is 0.190 e. The maximum absolute atomic E-state index is 6.35. The van der Waals surface area contributed by atoms with Gasteiger partial charge < -0.3 is 4.84 Å². The van der Waals surface area contributed by atoms with E-state index in [1.807, 2.05) is 30.3 Å². The summed E-state index contributed by atoms with van der Waals surface area (Å²) in [5.41, 5.74) is 0. The Kier molecular flexibility index (Phi) is 6.54. The van der Waals surface area contributed by atoms with Gasteiger partial charge in [-0.2, -0.15) is 0 Å². The van der Waals surface area contributed by atoms with E-state index in [2.05, 4.69) is 41.7 Å². The SMILES string of the molecule is CC[N+](C)(Oc1ccccc1)C(CC(C)C)CC(C)C. The van der Waals surface area contributed by atoms with Gasteiger partial charge in [0.2, 0.25) is 0 Å². The molecule has 0 fully saturated rings. The van der Waals surface area contributed by atoms with E-state index in [0.717, 1.165) is 12.3 Å². The number of para-hydroxylation sites is 1. The zero-order chi connectivity index (χ0) is 15.2. The highest BCUT2D eigenvalue weighted by molar-refractivity contribution is 5.20. The molecule has 1 aromatic rings. The lowest BCUT2D eigenvalue weighted by atomic mass is 9.94. The van der Waals surface area contributed by atoms with Gasteiger partial charge in [0.15, 0.2) is 5.75 Å². The van der Waals surface area contributed by atoms with Gasteiger partial charge in [0.25, 0.3) is 0 Å². The molecule has 0 saturated carbocycles. The molecule has 1 aromatic carbocycles. The summed E-state index contributed by atoms with van der Waals surface area (Å²) in [6, 6.07) is 10.7. The second-order valence-electron chi connectivity index (χ2n) is 6.81. The van der Waals surface area contributed by atoms with Crippen molar-refractivity contribution >= 4 is 0 Å². The molecule has 0 heterocycles. The minimum absolute atomic E-state index is 0.542. The van der Waals surface area contributed by atoms with Gasteiger partial charge in [0.05, 0.1) is 0 Å². The summed E-state index contributed by atoms with van der Waals surface area (Å²) in [6.07, 6.45) is 2.41. The molecule has 0 radical (unpaired) electrons. The fourth-order valence-corrected chi connectivity index (χ4v) is 2.75. The van der Waals surface area contributed by atoms with Crippen molar-refractivity contribution in [3.05, 3.63) is 30.3 Å². The van der Waals surface area contributed by atoms with E-state index < -0.39 is 0 Å². The maximum Gasteiger partial charge on any atom is 0.190 e. The molecule has 1 unspecified atom stereocenters. The Labute approximate surface area is 125 Å². The summed E-state index contributed by atoms with van der Waals surface area (Å²) in [5.74, 6) is 2.36. The van der Waals surface area contributed by atoms with E-state index in [9.17, 15) is 0 Å². The molecule has 114 valence electrons. The molecule has 0 N–H and O–H groups in total. The molecule has 0 aliphatic carbocycles. The van der Waals surface area contributed by atoms with Crippen molar-refractivity contribution in [2.75, 3.05) is 13.6 Å². The predicted molar refractivity (Wildman–Crippen MR) is 86.5 cm³/mol. The van der Waals surface area contributed by atoms with Crippen LogP contribution in [0.4, 0.5) is 0 Å². The predicted octanol–water partition coefficient (Wildman–Crippen LogP) is 4.91. The van der Waals surface area contributed by atoms with Gasteiger partial charge in [0.1, 0.15) is 19.6 Å². The third-order valence-corrected chi connectivity index (χ3v) is 3.94. The van der Waals surface area contributed by atoms with Crippen LogP contribution in [0, 0.1) is 11.8 Å². The van der Waals surface area contributed by atoms with Crippen molar-refractivity contribution in [2.45, 2.75) is 53.5 Å². The lowest BCUT2D eigenvalue weighted by Crippen LogP contribution is -2.55. The largest absolute Gasteiger partial charge is 0.315 e. The highest BCUT2D eigenvalue weighted by Crippen LogP contribution is 2.26. The molecule has 1 atom stereocenters. The van der Waals surface area contributed by atoms with Crippen molar-refractivity contribution in [1.29, 1.82) is 0 Å². The van der Waals surface area contributed by atoms with Crippen LogP contribution in [0.3, 0.4) is 0 Å². The molecule has 0 amide bonds. The first kappa shape index (κ1) is 17.0. The van der Waals surface area contributed by atoms with E-state index in [1.54, 1.807) is 0 Å². The van der Waals surface area contributed by atoms with Crippen LogP contribution in [0.25, 0.3) is 0 Å². The summed E-state index contributed by atoms with van der Waals surface area (Å²) in [5, 5.41) is 0. The summed E-state index contributed by atoms with van der Waals surface area (Å²) in [6.45, 7) is 12.4. The fraction of sp³-hybridized carbons (Fsp3) is 0.667. The Balaban J connectivity index is 2.90. The van der Waals surface area contributed by atoms with Gasteiger partial charge in [-0.05, 0) is 30.9 Å². The van der Waals surface area contributed by atoms with Crippen molar-refractivity contribution in [2.24, 2.45) is 11.8 Å². The molecular weight excluding hydrogens is 246 g/mol. The quantitative estimate of drug-likeness (QED) is 0.485. The van der Waals surface area contributed by atoms with Crippen LogP contribution < -0.4 is 4.84 Å². The summed E-state index contributed by atoms with van der Waals surface area (Å²) >= 11 is 0. The molecule has 0 aliphatic heterocycles. The Bertz CT molecular complexity index is 364. The first-order valence-corrected chi connectivity index (χ1v) is 7.97. The van der Waals surface area contributed by atoms with Crippen LogP contribution in [-0.2, 0) is 0 Å². The van der Waals surface area contributed by atoms with E-state index >= 15 is 0 Å². The third kappa shape index (κ3) is 5.16. The zero-order valence-electron chi connectivity index (χ0n) is 14.1. The van der Waals surface area contributed by atoms with Gasteiger partial charge in [-0.15, -0.1) is 4.65 Å². The topological polar surface area (TPSA) is 9.23 Å². The van der Waals surface area contributed by atoms with E-state index in [-0.39, 0.29) is 0 Å². The molecule has 0 aliphatic rings. The molecule has 0 saturated heterocycles. The third-order valence-electron chi connectivity index (χ3n) is 3.94. The molecule has 2 nitrogen and oxygen atoms in total. The lowest BCUT2D eigenvalue weighted by molar-refractivity contribution is -1.08. The number of nitrogens with zero attached hydrogens (tertiary/aromatic N) is 1. The summed E-state index contributed by atoms with van der Waals surface area (Å²) in [7, 11) is 2.22. The Morgan fingerprint density at radius 1 is 0.950 bits per heavy atom. The van der Waals surface area contributed by atoms with Crippen molar-refractivity contribution in [1.82, 2.24) is 0 Å². The number of benzene rings is 1. The first-order valence-electron chi connectivity index (χ1n) is 7.97. The molecule has 1 rings (SSSR count). The second-order valence-corrected chi connectivity index (χ2v) is 6.81. The van der Waals surface area contributed by atoms with Crippen LogP contribution in [0.15, 0.2) is 30.3 Å². The number of hydrogen-bond acceptors (Lipinski definition) is 1. The van der Waals surface area contributed by atoms with Crippen LogP contribution in [-0.4, -0.2) is 24.3 Å². The van der Waals surface area contributed by atoms with Gasteiger partial charge in [-0.1, -0.05) is 45.9 Å². The normalized spacial score (nSPS) is 14.8. The van der Waals surface area contributed by atoms with Crippen molar-refractivity contribution < 1.29 is 9.48 Å². The van der Waals surface area contributed by atoms with Crippen molar-refractivity contribution in [3.63, 3.8) is 0 Å². The second kappa shape index (κ2) is 7.68. The monoisotopic (exact) mass is 278 g/mol. The van der Waals surface area contributed by atoms with Crippen LogP contribution >= 0.6 is 0 Å². The fourth-order valence-electron chi connectivity index (χ4n) is 2.75. The summed E-state index contributed by atoms with van der Waals surface area (Å²) < 4.78 is 0.667. The van der Waals surface area contributed by atoms with Crippen LogP contribution in [0.1, 0.15) is 47.5 Å². The van der Waals surface area contributed by atoms with Gasteiger partial charge in [-0.25, -0.2) is 0 Å². The summed E-state index contributed by atoms with van der Waals surface area (Å²) in [4.78, 5) is 6.35. The Morgan fingerprint density at radius 3 is 1.85 bits per heavy atom. The highest BCUT2D eigenvalue weighted by atomic mass is 16.7. The average molecular weight is 278 g/mol. The first-order chi connectivity index (χ1) is 9.37. The average Bonchev–Trinajstić information content (AvgIpc) is 2.38. The van der Waals surface area contributed by atoms with Crippen LogP contribution in [0.5, 0.6) is 5.75 Å². The molecule has 20 heavy (non-hydrogen) atoms. The maximum atomic E-state index is 6.35. The number of rotatable bonds is 8. The molecule has 2 heteroatoms. The van der Waals surface area contributed by atoms with E-state index in [4.69, 9.17) is 4.84 Å². The standard InChI is InChI=1S/C18H32NO/c1-7-19(6,20-18-11-9-8-10-12-18)17(13-15(2)3)14-16(4)5/h8-12,15-17H,7,13-14H2,1-6H3/q+1. The van der Waals surface area contributed by atoms with Crippen LogP contribution in [0.2, 0.25) is 0 Å². The van der Waals surface area contributed by atoms with E-state index in [1.165, 1.54) is 12.8 Å². The van der Waals surface area contributed by atoms with Gasteiger partial charge in [-0.3, -0.25) is 0 Å². The minimum Gasteiger partial charge on any atom is -0.315 e. The minimum atomic E-state index is 0.542. The highest BCUT2D eigenvalue weighted by Gasteiger charge is 2.35. The Hall–Kier alpha value is -1.02. The zero-order valence-corrected chi connectivity index (χ0v) is 14.1. The molecular formula is C18H32NO+.